The third kappa shape index (κ3) is 2.40. The summed E-state index contributed by atoms with van der Waals surface area (Å²) in [6, 6.07) is 0. The molecule has 0 amide bonds. The summed E-state index contributed by atoms with van der Waals surface area (Å²) in [4.78, 5) is 13.0. The van der Waals surface area contributed by atoms with Crippen molar-refractivity contribution in [3.05, 3.63) is 23.2 Å². The molecule has 0 bridgehead atoms. The summed E-state index contributed by atoms with van der Waals surface area (Å²) in [5.74, 6) is 2.59. The number of aromatic nitrogens is 2. The van der Waals surface area contributed by atoms with Crippen LogP contribution in [0.5, 0.6) is 0 Å². The topological polar surface area (TPSA) is 69.8 Å². The van der Waals surface area contributed by atoms with Crippen molar-refractivity contribution in [3.63, 3.8) is 0 Å². The van der Waals surface area contributed by atoms with E-state index in [1.165, 1.54) is 11.5 Å². The Kier molecular flexibility index (Phi) is 3.10. The molecule has 0 unspecified atom stereocenters. The van der Waals surface area contributed by atoms with Crippen molar-refractivity contribution >= 4 is 6.21 Å². The molecule has 3 rings (SSSR count). The Morgan fingerprint density at radius 3 is 3.16 bits per heavy atom. The Labute approximate surface area is 112 Å². The smallest absolute Gasteiger partial charge is 0.223 e. The predicted molar refractivity (Wildman–Crippen MR) is 70.2 cm³/mol. The van der Waals surface area contributed by atoms with Crippen LogP contribution in [0.1, 0.15) is 18.1 Å². The molecule has 0 aromatic carbocycles. The predicted octanol–water partition coefficient (Wildman–Crippen LogP) is 0.316. The molecule has 7 nitrogen and oxygen atoms in total. The van der Waals surface area contributed by atoms with Crippen molar-refractivity contribution in [2.45, 2.75) is 19.8 Å². The molecule has 102 valence electrons. The molecule has 2 aliphatic heterocycles. The van der Waals surface area contributed by atoms with E-state index in [-0.39, 0.29) is 0 Å². The van der Waals surface area contributed by atoms with Crippen LogP contribution in [0.15, 0.2) is 21.0 Å². The lowest BCUT2D eigenvalue weighted by atomic mass is 10.2. The summed E-state index contributed by atoms with van der Waals surface area (Å²) in [6.07, 6.45) is 3.78. The van der Waals surface area contributed by atoms with Crippen LogP contribution < -0.4 is 5.32 Å². The fourth-order valence-electron chi connectivity index (χ4n) is 2.36. The minimum atomic E-state index is 0.629. The van der Waals surface area contributed by atoms with Gasteiger partial charge in [0.25, 0.3) is 0 Å². The second kappa shape index (κ2) is 4.91. The van der Waals surface area contributed by atoms with Crippen LogP contribution in [-0.4, -0.2) is 53.1 Å². The summed E-state index contributed by atoms with van der Waals surface area (Å²) in [5.41, 5.74) is 1.18. The molecule has 19 heavy (non-hydrogen) atoms. The zero-order valence-corrected chi connectivity index (χ0v) is 11.3. The summed E-state index contributed by atoms with van der Waals surface area (Å²) in [5, 5.41) is 7.31. The van der Waals surface area contributed by atoms with E-state index in [0.29, 0.717) is 5.89 Å². The molecule has 1 aromatic heterocycles. The normalized spacial score (nSPS) is 18.0. The highest BCUT2D eigenvalue weighted by molar-refractivity contribution is 5.80. The fraction of sp³-hybridized carbons (Fsp3) is 0.583. The highest BCUT2D eigenvalue weighted by Crippen LogP contribution is 2.19. The van der Waals surface area contributed by atoms with E-state index < -0.39 is 0 Å². The highest BCUT2D eigenvalue weighted by Gasteiger charge is 2.24. The monoisotopic (exact) mass is 262 g/mol. The number of allylic oxidation sites excluding steroid dienone is 1. The Balaban J connectivity index is 1.55. The minimum Gasteiger partial charge on any atom is -0.353 e. The van der Waals surface area contributed by atoms with Crippen molar-refractivity contribution in [1.29, 1.82) is 0 Å². The number of hydrogen-bond acceptors (Lipinski definition) is 7. The Bertz CT molecular complexity index is 520. The molecule has 7 heteroatoms. The summed E-state index contributed by atoms with van der Waals surface area (Å²) < 4.78 is 4.96. The maximum Gasteiger partial charge on any atom is 0.223 e. The van der Waals surface area contributed by atoms with Crippen LogP contribution in [-0.2, 0) is 6.42 Å². The molecule has 2 aliphatic rings. The van der Waals surface area contributed by atoms with Gasteiger partial charge in [0.15, 0.2) is 5.82 Å². The van der Waals surface area contributed by atoms with E-state index in [1.807, 2.05) is 20.2 Å². The quantitative estimate of drug-likeness (QED) is 0.842. The van der Waals surface area contributed by atoms with Gasteiger partial charge in [0.1, 0.15) is 12.5 Å². The van der Waals surface area contributed by atoms with E-state index in [1.54, 1.807) is 0 Å². The van der Waals surface area contributed by atoms with Crippen LogP contribution in [0.3, 0.4) is 0 Å². The molecule has 0 radical (unpaired) electrons. The molecule has 0 aliphatic carbocycles. The minimum absolute atomic E-state index is 0.629. The number of rotatable bonds is 4. The van der Waals surface area contributed by atoms with Gasteiger partial charge >= 0.3 is 0 Å². The second-order valence-electron chi connectivity index (χ2n) is 4.82. The maximum atomic E-state index is 4.96. The van der Waals surface area contributed by atoms with Gasteiger partial charge in [-0.1, -0.05) is 5.16 Å². The van der Waals surface area contributed by atoms with Gasteiger partial charge in [0, 0.05) is 26.9 Å². The van der Waals surface area contributed by atoms with Gasteiger partial charge in [-0.05, 0) is 6.42 Å². The number of hydrogen-bond donors (Lipinski definition) is 1. The van der Waals surface area contributed by atoms with Crippen molar-refractivity contribution in [3.8, 4) is 0 Å². The zero-order valence-electron chi connectivity index (χ0n) is 11.3. The SMILES string of the molecule is Cc1nc(CCCN2CNC3=C2C=NCN3C)no1. The Hall–Kier alpha value is -2.05. The van der Waals surface area contributed by atoms with E-state index in [0.717, 1.165) is 38.5 Å². The van der Waals surface area contributed by atoms with Gasteiger partial charge in [0.2, 0.25) is 5.89 Å². The maximum absolute atomic E-state index is 4.96. The van der Waals surface area contributed by atoms with Gasteiger partial charge in [-0.2, -0.15) is 4.98 Å². The number of aryl methyl sites for hydroxylation is 2. The lowest BCUT2D eigenvalue weighted by molar-refractivity contribution is 0.364. The molecule has 0 atom stereocenters. The molecule has 0 spiro atoms. The second-order valence-corrected chi connectivity index (χ2v) is 4.82. The number of nitrogens with zero attached hydrogens (tertiary/aromatic N) is 5. The Morgan fingerprint density at radius 1 is 1.47 bits per heavy atom. The zero-order chi connectivity index (χ0) is 13.2. The van der Waals surface area contributed by atoms with Crippen LogP contribution in [0.25, 0.3) is 0 Å². The van der Waals surface area contributed by atoms with Crippen molar-refractivity contribution < 1.29 is 4.52 Å². The first-order valence-corrected chi connectivity index (χ1v) is 6.47. The molecule has 1 N–H and O–H groups in total. The fourth-order valence-corrected chi connectivity index (χ4v) is 2.36. The first-order valence-electron chi connectivity index (χ1n) is 6.47. The lowest BCUT2D eigenvalue weighted by Gasteiger charge is -2.23. The van der Waals surface area contributed by atoms with Crippen LogP contribution >= 0.6 is 0 Å². The van der Waals surface area contributed by atoms with Gasteiger partial charge in [0.05, 0.1) is 18.6 Å². The van der Waals surface area contributed by atoms with Crippen LogP contribution in [0.2, 0.25) is 0 Å². The molecule has 0 saturated heterocycles. The molecule has 0 fully saturated rings. The largest absolute Gasteiger partial charge is 0.353 e. The third-order valence-corrected chi connectivity index (χ3v) is 3.31. The molecule has 3 heterocycles. The number of aliphatic imine (C=N–C) groups is 1. The first kappa shape index (κ1) is 12.0. The van der Waals surface area contributed by atoms with Crippen molar-refractivity contribution in [1.82, 2.24) is 25.3 Å². The standard InChI is InChI=1S/C12H18N6O/c1-9-15-11(16-19-9)4-3-5-18-8-14-12-10(18)6-13-7-17(12)2/h6,14H,3-5,7-8H2,1-2H3. The van der Waals surface area contributed by atoms with Crippen LogP contribution in [0, 0.1) is 6.92 Å². The number of nitrogens with one attached hydrogen (secondary N) is 1. The summed E-state index contributed by atoms with van der Waals surface area (Å²) in [6.45, 7) is 4.33. The average molecular weight is 262 g/mol. The molecular formula is C12H18N6O. The lowest BCUT2D eigenvalue weighted by Crippen LogP contribution is -2.28. The highest BCUT2D eigenvalue weighted by atomic mass is 16.5. The van der Waals surface area contributed by atoms with Gasteiger partial charge in [-0.15, -0.1) is 0 Å². The van der Waals surface area contributed by atoms with Gasteiger partial charge in [-0.3, -0.25) is 4.99 Å². The first-order chi connectivity index (χ1) is 9.24. The van der Waals surface area contributed by atoms with Gasteiger partial charge in [-0.25, -0.2) is 0 Å². The summed E-state index contributed by atoms with van der Waals surface area (Å²) >= 11 is 0. The van der Waals surface area contributed by atoms with E-state index >= 15 is 0 Å². The average Bonchev–Trinajstić information content (AvgIpc) is 2.98. The van der Waals surface area contributed by atoms with Crippen molar-refractivity contribution in [2.75, 3.05) is 26.9 Å². The molecule has 0 saturated carbocycles. The van der Waals surface area contributed by atoms with E-state index in [2.05, 4.69) is 30.2 Å². The van der Waals surface area contributed by atoms with Crippen LogP contribution in [0.4, 0.5) is 0 Å². The molecule has 1 aromatic rings. The Morgan fingerprint density at radius 2 is 2.37 bits per heavy atom. The third-order valence-electron chi connectivity index (χ3n) is 3.31. The van der Waals surface area contributed by atoms with Crippen molar-refractivity contribution in [2.24, 2.45) is 4.99 Å². The molecular weight excluding hydrogens is 244 g/mol. The van der Waals surface area contributed by atoms with E-state index in [9.17, 15) is 0 Å². The summed E-state index contributed by atoms with van der Waals surface area (Å²) in [7, 11) is 2.05. The van der Waals surface area contributed by atoms with E-state index in [4.69, 9.17) is 4.52 Å². The van der Waals surface area contributed by atoms with Gasteiger partial charge < -0.3 is 19.6 Å².